The van der Waals surface area contributed by atoms with Crippen LogP contribution in [0.3, 0.4) is 0 Å². The first kappa shape index (κ1) is 25.0. The fourth-order valence-electron chi connectivity index (χ4n) is 2.88. The summed E-state index contributed by atoms with van der Waals surface area (Å²) in [6.07, 6.45) is 16.8. The number of hydrogen-bond acceptors (Lipinski definition) is 1. The van der Waals surface area contributed by atoms with E-state index in [9.17, 15) is 0 Å². The zero-order valence-corrected chi connectivity index (χ0v) is 16.6. The third-order valence-corrected chi connectivity index (χ3v) is 6.58. The zero-order chi connectivity index (χ0) is 16.0. The maximum absolute atomic E-state index is 4.49. The van der Waals surface area contributed by atoms with Gasteiger partial charge in [-0.15, -0.1) is 0 Å². The van der Waals surface area contributed by atoms with Gasteiger partial charge in [-0.1, -0.05) is 91.1 Å². The van der Waals surface area contributed by atoms with Crippen molar-refractivity contribution >= 4 is 27.1 Å². The molecule has 0 aliphatic heterocycles. The summed E-state index contributed by atoms with van der Waals surface area (Å²) in [5.74, 6) is 0. The van der Waals surface area contributed by atoms with Crippen LogP contribution in [0.25, 0.3) is 0 Å². The molecule has 0 N–H and O–H groups in total. The Bertz CT molecular complexity index is 200. The van der Waals surface area contributed by atoms with Crippen LogP contribution in [0, 0.1) is 6.55 Å². The molecule has 22 heavy (non-hydrogen) atoms. The molecule has 1 nitrogen and oxygen atoms in total. The summed E-state index contributed by atoms with van der Waals surface area (Å²) in [5, 5.41) is 0. The molecule has 3 heteroatoms. The summed E-state index contributed by atoms with van der Waals surface area (Å²) in [5.41, 5.74) is 0. The Balaban J connectivity index is 0. The summed E-state index contributed by atoms with van der Waals surface area (Å²) in [6, 6.07) is 0. The molecule has 0 aromatic rings. The Labute approximate surface area is 155 Å². The molecule has 0 aromatic carbocycles. The minimum absolute atomic E-state index is 0. The molecular formula is C19H43LiNSi. The predicted molar refractivity (Wildman–Crippen MR) is 108 cm³/mol. The Hall–Kier alpha value is 0.774. The van der Waals surface area contributed by atoms with Crippen LogP contribution in [0.2, 0.25) is 13.1 Å². The van der Waals surface area contributed by atoms with Gasteiger partial charge in [0, 0.05) is 0 Å². The SMILES string of the molecule is [CH2][Si](C)(C)N(CCCCCCCC)CCCCCCCC.[LiH]. The molecule has 0 fully saturated rings. The van der Waals surface area contributed by atoms with Crippen molar-refractivity contribution in [1.29, 1.82) is 0 Å². The van der Waals surface area contributed by atoms with Crippen molar-refractivity contribution in [3.63, 3.8) is 0 Å². The second-order valence-electron chi connectivity index (χ2n) is 7.34. The van der Waals surface area contributed by atoms with Crippen molar-refractivity contribution in [2.75, 3.05) is 13.1 Å². The van der Waals surface area contributed by atoms with Gasteiger partial charge >= 0.3 is 18.9 Å². The first-order valence-corrected chi connectivity index (χ1v) is 12.8. The number of rotatable bonds is 15. The second kappa shape index (κ2) is 16.6. The van der Waals surface area contributed by atoms with E-state index in [4.69, 9.17) is 0 Å². The van der Waals surface area contributed by atoms with E-state index >= 15 is 0 Å². The molecule has 0 aliphatic rings. The number of nitrogens with zero attached hydrogens (tertiary/aromatic N) is 1. The summed E-state index contributed by atoms with van der Waals surface area (Å²) >= 11 is 0. The zero-order valence-electron chi connectivity index (χ0n) is 15.6. The van der Waals surface area contributed by atoms with E-state index in [2.05, 4.69) is 38.1 Å². The molecule has 0 aromatic heterocycles. The van der Waals surface area contributed by atoms with Crippen molar-refractivity contribution in [2.24, 2.45) is 0 Å². The fourth-order valence-corrected chi connectivity index (χ4v) is 4.41. The summed E-state index contributed by atoms with van der Waals surface area (Å²) in [7, 11) is -1.35. The van der Waals surface area contributed by atoms with Gasteiger partial charge in [-0.25, -0.2) is 0 Å². The van der Waals surface area contributed by atoms with E-state index in [1.54, 1.807) is 0 Å². The van der Waals surface area contributed by atoms with Gasteiger partial charge in [0.15, 0.2) is 0 Å². The van der Waals surface area contributed by atoms with Crippen LogP contribution in [0.15, 0.2) is 0 Å². The van der Waals surface area contributed by atoms with Gasteiger partial charge in [-0.2, -0.15) is 0 Å². The van der Waals surface area contributed by atoms with Gasteiger partial charge in [0.1, 0.15) is 8.24 Å². The first-order chi connectivity index (χ1) is 10.0. The number of hydrogen-bond donors (Lipinski definition) is 0. The van der Waals surface area contributed by atoms with Gasteiger partial charge in [0.25, 0.3) is 0 Å². The van der Waals surface area contributed by atoms with E-state index in [0.717, 1.165) is 0 Å². The van der Waals surface area contributed by atoms with Crippen LogP contribution < -0.4 is 0 Å². The topological polar surface area (TPSA) is 3.24 Å². The van der Waals surface area contributed by atoms with Crippen molar-refractivity contribution in [1.82, 2.24) is 4.57 Å². The van der Waals surface area contributed by atoms with E-state index in [-0.39, 0.29) is 18.9 Å². The molecular weight excluding hydrogens is 277 g/mol. The van der Waals surface area contributed by atoms with Crippen LogP contribution >= 0.6 is 0 Å². The van der Waals surface area contributed by atoms with E-state index in [1.165, 1.54) is 90.1 Å². The normalized spacial score (nSPS) is 11.7. The molecule has 0 saturated heterocycles. The van der Waals surface area contributed by atoms with Crippen molar-refractivity contribution in [3.8, 4) is 0 Å². The van der Waals surface area contributed by atoms with Crippen LogP contribution in [-0.4, -0.2) is 44.8 Å². The van der Waals surface area contributed by atoms with Gasteiger partial charge in [0.05, 0.1) is 0 Å². The van der Waals surface area contributed by atoms with E-state index < -0.39 is 8.24 Å². The van der Waals surface area contributed by atoms with Crippen LogP contribution in [-0.2, 0) is 0 Å². The Morgan fingerprint density at radius 3 is 1.27 bits per heavy atom. The standard InChI is InChI=1S/C19H42NSi.Li.H/c1-6-8-10-12-14-16-18-20(21(3,4)5)19-17-15-13-11-9-7-2;;/h3,6-19H2,1-2,4-5H3;;. The fraction of sp³-hybridized carbons (Fsp3) is 0.947. The van der Waals surface area contributed by atoms with Crippen LogP contribution in [0.1, 0.15) is 90.9 Å². The minimum atomic E-state index is -1.35. The Morgan fingerprint density at radius 1 is 0.636 bits per heavy atom. The van der Waals surface area contributed by atoms with Gasteiger partial charge in [-0.05, 0) is 32.5 Å². The third kappa shape index (κ3) is 15.7. The second-order valence-corrected chi connectivity index (χ2v) is 11.6. The van der Waals surface area contributed by atoms with Gasteiger partial charge < -0.3 is 4.57 Å². The first-order valence-electron chi connectivity index (χ1n) is 9.62. The molecule has 0 bridgehead atoms. The summed E-state index contributed by atoms with van der Waals surface area (Å²) in [4.78, 5) is 0. The molecule has 1 radical (unpaired) electrons. The summed E-state index contributed by atoms with van der Waals surface area (Å²) in [6.45, 7) is 16.5. The third-order valence-electron chi connectivity index (χ3n) is 4.42. The van der Waals surface area contributed by atoms with E-state index in [0.29, 0.717) is 0 Å². The van der Waals surface area contributed by atoms with Crippen molar-refractivity contribution in [2.45, 2.75) is 104 Å². The maximum atomic E-state index is 4.49. The molecule has 0 rings (SSSR count). The average Bonchev–Trinajstić information content (AvgIpc) is 2.42. The average molecular weight is 321 g/mol. The molecule has 0 heterocycles. The van der Waals surface area contributed by atoms with E-state index in [1.807, 2.05) is 0 Å². The van der Waals surface area contributed by atoms with Crippen molar-refractivity contribution < 1.29 is 0 Å². The van der Waals surface area contributed by atoms with Gasteiger partial charge in [0.2, 0.25) is 0 Å². The van der Waals surface area contributed by atoms with Crippen LogP contribution in [0.4, 0.5) is 0 Å². The molecule has 0 spiro atoms. The monoisotopic (exact) mass is 320 g/mol. The Morgan fingerprint density at radius 2 is 0.955 bits per heavy atom. The summed E-state index contributed by atoms with van der Waals surface area (Å²) < 4.78 is 2.74. The van der Waals surface area contributed by atoms with Gasteiger partial charge in [-0.3, -0.25) is 0 Å². The quantitative estimate of drug-likeness (QED) is 0.267. The molecule has 129 valence electrons. The number of unbranched alkanes of at least 4 members (excludes halogenated alkanes) is 10. The van der Waals surface area contributed by atoms with Crippen LogP contribution in [0.5, 0.6) is 0 Å². The molecule has 0 unspecified atom stereocenters. The van der Waals surface area contributed by atoms with Crippen molar-refractivity contribution in [3.05, 3.63) is 6.55 Å². The Kier molecular flexibility index (Phi) is 18.9. The molecule has 0 amide bonds. The predicted octanol–water partition coefficient (Wildman–Crippen LogP) is 5.94. The molecule has 0 atom stereocenters. The molecule has 0 saturated carbocycles. The molecule has 0 aliphatic carbocycles.